The number of aryl methyl sites for hydroxylation is 2. The molecule has 0 bridgehead atoms. The van der Waals surface area contributed by atoms with Crippen LogP contribution in [0.4, 0.5) is 22.7 Å². The molecular weight excluding hydrogens is 508 g/mol. The zero-order chi connectivity index (χ0) is 28.5. The van der Waals surface area contributed by atoms with E-state index in [0.29, 0.717) is 0 Å². The Morgan fingerprint density at radius 3 is 1.10 bits per heavy atom. The maximum absolute atomic E-state index is 3.82. The van der Waals surface area contributed by atoms with Gasteiger partial charge in [-0.15, -0.1) is 0 Å². The Kier molecular flexibility index (Phi) is 6.65. The van der Waals surface area contributed by atoms with E-state index in [-0.39, 0.29) is 0 Å². The summed E-state index contributed by atoms with van der Waals surface area (Å²) in [6.07, 6.45) is 0. The third-order valence-corrected chi connectivity index (χ3v) is 8.11. The van der Waals surface area contributed by atoms with Gasteiger partial charge in [0.05, 0.1) is 11.4 Å². The van der Waals surface area contributed by atoms with Crippen molar-refractivity contribution in [3.05, 3.63) is 157 Å². The van der Waals surface area contributed by atoms with Gasteiger partial charge < -0.3 is 10.6 Å². The zero-order valence-electron chi connectivity index (χ0n) is 23.9. The van der Waals surface area contributed by atoms with Gasteiger partial charge in [0.15, 0.2) is 0 Å². The van der Waals surface area contributed by atoms with Gasteiger partial charge in [-0.1, -0.05) is 121 Å². The fourth-order valence-electron chi connectivity index (χ4n) is 6.01. The average molecular weight is 541 g/mol. The smallest absolute Gasteiger partial charge is 0.0545 e. The van der Waals surface area contributed by atoms with Crippen molar-refractivity contribution in [2.24, 2.45) is 0 Å². The summed E-state index contributed by atoms with van der Waals surface area (Å²) in [6, 6.07) is 51.8. The monoisotopic (exact) mass is 540 g/mol. The van der Waals surface area contributed by atoms with Crippen LogP contribution in [0.15, 0.2) is 146 Å². The Morgan fingerprint density at radius 1 is 0.357 bits per heavy atom. The second-order valence-electron chi connectivity index (χ2n) is 10.9. The van der Waals surface area contributed by atoms with E-state index in [9.17, 15) is 0 Å². The van der Waals surface area contributed by atoms with Crippen LogP contribution in [0.1, 0.15) is 11.1 Å². The number of benzene rings is 7. The van der Waals surface area contributed by atoms with E-state index in [4.69, 9.17) is 0 Å². The Hall–Kier alpha value is -5.34. The molecule has 0 heterocycles. The summed E-state index contributed by atoms with van der Waals surface area (Å²) in [4.78, 5) is 0. The van der Waals surface area contributed by atoms with Gasteiger partial charge in [-0.05, 0) is 71.5 Å². The maximum atomic E-state index is 3.82. The normalized spacial score (nSPS) is 11.1. The second kappa shape index (κ2) is 10.9. The summed E-state index contributed by atoms with van der Waals surface area (Å²) >= 11 is 0. The number of rotatable bonds is 6. The van der Waals surface area contributed by atoms with Crippen molar-refractivity contribution in [2.75, 3.05) is 10.6 Å². The van der Waals surface area contributed by atoms with Crippen LogP contribution >= 0.6 is 0 Å². The van der Waals surface area contributed by atoms with Gasteiger partial charge in [-0.3, -0.25) is 0 Å². The van der Waals surface area contributed by atoms with E-state index < -0.39 is 0 Å². The molecule has 0 unspecified atom stereocenters. The van der Waals surface area contributed by atoms with Crippen LogP contribution in [0.25, 0.3) is 43.8 Å². The van der Waals surface area contributed by atoms with Crippen molar-refractivity contribution in [1.82, 2.24) is 0 Å². The summed E-state index contributed by atoms with van der Waals surface area (Å²) < 4.78 is 0. The first-order valence-electron chi connectivity index (χ1n) is 14.5. The minimum absolute atomic E-state index is 1.07. The van der Waals surface area contributed by atoms with Gasteiger partial charge in [0, 0.05) is 32.9 Å². The fourth-order valence-corrected chi connectivity index (χ4v) is 6.01. The molecule has 2 N–H and O–H groups in total. The predicted molar refractivity (Wildman–Crippen MR) is 181 cm³/mol. The molecule has 7 rings (SSSR count). The molecule has 0 amide bonds. The van der Waals surface area contributed by atoms with Gasteiger partial charge in [0.25, 0.3) is 0 Å². The molecule has 0 aromatic heterocycles. The Morgan fingerprint density at radius 2 is 0.714 bits per heavy atom. The maximum Gasteiger partial charge on any atom is 0.0545 e. The first-order valence-corrected chi connectivity index (χ1v) is 14.5. The molecule has 2 heteroatoms. The number of anilines is 4. The quantitative estimate of drug-likeness (QED) is 0.162. The molecule has 0 aliphatic heterocycles. The van der Waals surface area contributed by atoms with Crippen LogP contribution in [-0.2, 0) is 0 Å². The first-order chi connectivity index (χ1) is 20.7. The molecule has 0 aliphatic carbocycles. The minimum atomic E-state index is 1.07. The molecular formula is C40H32N2. The molecule has 0 atom stereocenters. The van der Waals surface area contributed by atoms with Gasteiger partial charge in [-0.2, -0.15) is 0 Å². The highest BCUT2D eigenvalue weighted by molar-refractivity contribution is 6.21. The van der Waals surface area contributed by atoms with E-state index >= 15 is 0 Å². The SMILES string of the molecule is Cc1ccccc1-c1cccc(Nc2c3ccccc3c(Nc3cccc(-c4ccccc4C)c3)c3ccccc23)c1. The predicted octanol–water partition coefficient (Wildman–Crippen LogP) is 11.4. The van der Waals surface area contributed by atoms with Crippen molar-refractivity contribution in [1.29, 1.82) is 0 Å². The molecule has 0 fully saturated rings. The lowest BCUT2D eigenvalue weighted by molar-refractivity contribution is 1.45. The molecule has 202 valence electrons. The van der Waals surface area contributed by atoms with Crippen LogP contribution in [0.3, 0.4) is 0 Å². The van der Waals surface area contributed by atoms with E-state index in [1.807, 2.05) is 0 Å². The molecule has 0 aliphatic rings. The van der Waals surface area contributed by atoms with Crippen LogP contribution in [-0.4, -0.2) is 0 Å². The Labute approximate surface area is 247 Å². The van der Waals surface area contributed by atoms with Gasteiger partial charge in [-0.25, -0.2) is 0 Å². The molecule has 7 aromatic carbocycles. The van der Waals surface area contributed by atoms with E-state index in [1.165, 1.54) is 54.9 Å². The summed E-state index contributed by atoms with van der Waals surface area (Å²) in [5.41, 5.74) is 11.8. The highest BCUT2D eigenvalue weighted by atomic mass is 14.9. The van der Waals surface area contributed by atoms with E-state index in [0.717, 1.165) is 22.7 Å². The van der Waals surface area contributed by atoms with Crippen molar-refractivity contribution in [2.45, 2.75) is 13.8 Å². The molecule has 42 heavy (non-hydrogen) atoms. The van der Waals surface area contributed by atoms with Crippen LogP contribution < -0.4 is 10.6 Å². The molecule has 0 radical (unpaired) electrons. The van der Waals surface area contributed by atoms with E-state index in [1.54, 1.807) is 0 Å². The van der Waals surface area contributed by atoms with Crippen LogP contribution in [0, 0.1) is 13.8 Å². The van der Waals surface area contributed by atoms with Crippen molar-refractivity contribution < 1.29 is 0 Å². The number of hydrogen-bond donors (Lipinski definition) is 2. The van der Waals surface area contributed by atoms with Gasteiger partial charge in [0.1, 0.15) is 0 Å². The van der Waals surface area contributed by atoms with Crippen molar-refractivity contribution >= 4 is 44.3 Å². The topological polar surface area (TPSA) is 24.1 Å². The first kappa shape index (κ1) is 25.6. The molecule has 0 spiro atoms. The Bertz CT molecular complexity index is 1870. The average Bonchev–Trinajstić information content (AvgIpc) is 3.03. The third kappa shape index (κ3) is 4.78. The molecule has 2 nitrogen and oxygen atoms in total. The van der Waals surface area contributed by atoms with Crippen molar-refractivity contribution in [3.8, 4) is 22.3 Å². The van der Waals surface area contributed by atoms with Gasteiger partial charge >= 0.3 is 0 Å². The molecule has 7 aromatic rings. The number of hydrogen-bond acceptors (Lipinski definition) is 2. The van der Waals surface area contributed by atoms with Crippen LogP contribution in [0.5, 0.6) is 0 Å². The fraction of sp³-hybridized carbons (Fsp3) is 0.0500. The van der Waals surface area contributed by atoms with E-state index in [2.05, 4.69) is 170 Å². The standard InChI is InChI=1S/C40H32N2/c1-27-13-3-5-19-33(27)29-15-11-17-31(25-29)41-39-35-21-7-9-23-37(35)40(38-24-10-8-22-36(38)39)42-32-18-12-16-30(26-32)34-20-6-4-14-28(34)2/h3-26,41-42H,1-2H3. The summed E-state index contributed by atoms with van der Waals surface area (Å²) in [5.74, 6) is 0. The summed E-state index contributed by atoms with van der Waals surface area (Å²) in [6.45, 7) is 4.33. The van der Waals surface area contributed by atoms with Crippen molar-refractivity contribution in [3.63, 3.8) is 0 Å². The second-order valence-corrected chi connectivity index (χ2v) is 10.9. The van der Waals surface area contributed by atoms with Crippen LogP contribution in [0.2, 0.25) is 0 Å². The third-order valence-electron chi connectivity index (χ3n) is 8.11. The summed E-state index contributed by atoms with van der Waals surface area (Å²) in [5, 5.41) is 12.3. The van der Waals surface area contributed by atoms with Gasteiger partial charge in [0.2, 0.25) is 0 Å². The zero-order valence-corrected chi connectivity index (χ0v) is 23.9. The number of fused-ring (bicyclic) bond motifs is 2. The highest BCUT2D eigenvalue weighted by Gasteiger charge is 2.15. The molecule has 0 saturated heterocycles. The minimum Gasteiger partial charge on any atom is -0.354 e. The lowest BCUT2D eigenvalue weighted by atomic mass is 9.97. The molecule has 0 saturated carbocycles. The number of nitrogens with one attached hydrogen (secondary N) is 2. The summed E-state index contributed by atoms with van der Waals surface area (Å²) in [7, 11) is 0. The lowest BCUT2D eigenvalue weighted by Gasteiger charge is -2.20. The highest BCUT2D eigenvalue weighted by Crippen LogP contribution is 2.42. The lowest BCUT2D eigenvalue weighted by Crippen LogP contribution is -1.99. The Balaban J connectivity index is 1.34. The largest absolute Gasteiger partial charge is 0.354 e.